The molecule has 0 fully saturated rings. The summed E-state index contributed by atoms with van der Waals surface area (Å²) in [5.74, 6) is -2.76. The molecule has 0 aliphatic rings. The maximum Gasteiger partial charge on any atom is 0.325 e. The minimum absolute atomic E-state index is 0.149. The van der Waals surface area contributed by atoms with E-state index in [1.165, 1.54) is 0 Å². The van der Waals surface area contributed by atoms with E-state index in [0.717, 1.165) is 6.42 Å². The van der Waals surface area contributed by atoms with Crippen molar-refractivity contribution in [3.63, 3.8) is 0 Å². The highest BCUT2D eigenvalue weighted by atomic mass is 16.5. The van der Waals surface area contributed by atoms with E-state index in [2.05, 4.69) is 21.3 Å². The monoisotopic (exact) mass is 595 g/mol. The van der Waals surface area contributed by atoms with E-state index in [1.54, 1.807) is 0 Å². The molecule has 1 atom stereocenters. The minimum Gasteiger partial charge on any atom is -0.464 e. The Morgan fingerprint density at radius 1 is 0.805 bits per heavy atom. The molecule has 4 amide bonds. The fourth-order valence-electron chi connectivity index (χ4n) is 2.29. The molecule has 41 heavy (non-hydrogen) atoms. The number of hydrogen-bond acceptors (Lipinski definition) is 10. The van der Waals surface area contributed by atoms with Gasteiger partial charge >= 0.3 is 5.97 Å². The Morgan fingerprint density at radius 2 is 1.24 bits per heavy atom. The molecule has 0 aliphatic heterocycles. The molecule has 0 rings (SSSR count). The van der Waals surface area contributed by atoms with Gasteiger partial charge in [-0.25, -0.2) is 0 Å². The highest BCUT2D eigenvalue weighted by molar-refractivity contribution is 5.91. The molecule has 8 N–H and O–H groups in total. The normalized spacial score (nSPS) is 10.7. The van der Waals surface area contributed by atoms with Crippen molar-refractivity contribution < 1.29 is 43.7 Å². The zero-order valence-electron chi connectivity index (χ0n) is 26.6. The predicted molar refractivity (Wildman–Crippen MR) is 158 cm³/mol. The van der Waals surface area contributed by atoms with E-state index in [0.29, 0.717) is 18.9 Å². The minimum atomic E-state index is -1.14. The van der Waals surface area contributed by atoms with Crippen LogP contribution in [-0.4, -0.2) is 104 Å². The molecular weight excluding hydrogens is 538 g/mol. The van der Waals surface area contributed by atoms with Crippen LogP contribution in [0.25, 0.3) is 0 Å². The van der Waals surface area contributed by atoms with Crippen molar-refractivity contribution in [2.75, 3.05) is 52.6 Å². The Morgan fingerprint density at radius 3 is 1.63 bits per heavy atom. The lowest BCUT2D eigenvalue weighted by Gasteiger charge is -2.22. The summed E-state index contributed by atoms with van der Waals surface area (Å²) >= 11 is 0. The molecule has 0 spiro atoms. The fraction of sp³-hybridized carbons (Fsp3) is 0.815. The number of carbonyl (C=O) groups is 5. The number of aliphatic hydroxyl groups is 2. The number of esters is 1. The van der Waals surface area contributed by atoms with E-state index in [4.69, 9.17) is 25.4 Å². The van der Waals surface area contributed by atoms with Crippen LogP contribution < -0.4 is 27.0 Å². The van der Waals surface area contributed by atoms with Crippen LogP contribution in [0, 0.1) is 5.92 Å². The summed E-state index contributed by atoms with van der Waals surface area (Å²) < 4.78 is 10.2. The van der Waals surface area contributed by atoms with Gasteiger partial charge < -0.3 is 46.7 Å². The van der Waals surface area contributed by atoms with Crippen LogP contribution in [0.5, 0.6) is 0 Å². The lowest BCUT2D eigenvalue weighted by Crippen LogP contribution is -2.48. The standard InChI is InChI=1S/C16H29N5O7.C7H16O2.2C2H6/c1-10(2)3-4-28-15(26)8-20-13(24)6-18-12(23)5-19-14(25)7-21-16(27)11(17)9-22;1-4-9-7(2,3)5-6-8;2*1-2/h10-11,22H,3-9,17H2,1-2H3,(H,18,23)(H,19,25)(H,20,24)(H,21,27);8H,4-6H2,1-3H3;2*1-2H3. The quantitative estimate of drug-likeness (QED) is 0.108. The third-order valence-electron chi connectivity index (χ3n) is 4.49. The summed E-state index contributed by atoms with van der Waals surface area (Å²) in [6.07, 6.45) is 1.43. The molecule has 14 nitrogen and oxygen atoms in total. The second-order valence-corrected chi connectivity index (χ2v) is 8.91. The van der Waals surface area contributed by atoms with Crippen LogP contribution in [0.3, 0.4) is 0 Å². The van der Waals surface area contributed by atoms with Gasteiger partial charge in [0.05, 0.1) is 38.4 Å². The van der Waals surface area contributed by atoms with E-state index in [-0.39, 0.29) is 31.9 Å². The van der Waals surface area contributed by atoms with Gasteiger partial charge in [0.25, 0.3) is 0 Å². The molecule has 0 aromatic heterocycles. The molecular formula is C27H57N5O9. The number of hydrogen-bond donors (Lipinski definition) is 7. The van der Waals surface area contributed by atoms with Crippen molar-refractivity contribution in [1.82, 2.24) is 21.3 Å². The summed E-state index contributed by atoms with van der Waals surface area (Å²) in [5.41, 5.74) is 5.10. The summed E-state index contributed by atoms with van der Waals surface area (Å²) in [5, 5.41) is 26.2. The fourth-order valence-corrected chi connectivity index (χ4v) is 2.29. The van der Waals surface area contributed by atoms with Crippen molar-refractivity contribution in [3.05, 3.63) is 0 Å². The molecule has 0 saturated carbocycles. The van der Waals surface area contributed by atoms with Gasteiger partial charge in [0.1, 0.15) is 12.6 Å². The van der Waals surface area contributed by atoms with Gasteiger partial charge in [0.15, 0.2) is 0 Å². The van der Waals surface area contributed by atoms with Gasteiger partial charge in [0, 0.05) is 13.2 Å². The molecule has 244 valence electrons. The smallest absolute Gasteiger partial charge is 0.325 e. The number of ether oxygens (including phenoxy) is 2. The highest BCUT2D eigenvalue weighted by Gasteiger charge is 2.16. The van der Waals surface area contributed by atoms with Crippen molar-refractivity contribution in [3.8, 4) is 0 Å². The van der Waals surface area contributed by atoms with Crippen LogP contribution in [0.4, 0.5) is 0 Å². The number of carbonyl (C=O) groups excluding carboxylic acids is 5. The van der Waals surface area contributed by atoms with Gasteiger partial charge in [-0.15, -0.1) is 0 Å². The van der Waals surface area contributed by atoms with Gasteiger partial charge in [0.2, 0.25) is 23.6 Å². The van der Waals surface area contributed by atoms with E-state index >= 15 is 0 Å². The third-order valence-corrected chi connectivity index (χ3v) is 4.49. The molecule has 0 saturated heterocycles. The van der Waals surface area contributed by atoms with E-state index < -0.39 is 55.3 Å². The first-order valence-corrected chi connectivity index (χ1v) is 14.1. The molecule has 14 heteroatoms. The second kappa shape index (κ2) is 30.2. The first-order chi connectivity index (χ1) is 19.3. The molecule has 0 heterocycles. The largest absolute Gasteiger partial charge is 0.464 e. The lowest BCUT2D eigenvalue weighted by molar-refractivity contribution is -0.144. The van der Waals surface area contributed by atoms with Crippen molar-refractivity contribution in [2.24, 2.45) is 11.7 Å². The summed E-state index contributed by atoms with van der Waals surface area (Å²) in [6.45, 7) is 17.0. The van der Waals surface area contributed by atoms with Crippen molar-refractivity contribution >= 4 is 29.6 Å². The molecule has 0 radical (unpaired) electrons. The number of nitrogens with two attached hydrogens (primary N) is 1. The van der Waals surface area contributed by atoms with E-state index in [1.807, 2.05) is 62.3 Å². The first-order valence-electron chi connectivity index (χ1n) is 14.1. The van der Waals surface area contributed by atoms with Crippen LogP contribution >= 0.6 is 0 Å². The summed E-state index contributed by atoms with van der Waals surface area (Å²) in [6, 6.07) is -1.14. The van der Waals surface area contributed by atoms with Crippen molar-refractivity contribution in [2.45, 2.75) is 86.8 Å². The van der Waals surface area contributed by atoms with Gasteiger partial charge in [-0.05, 0) is 39.5 Å². The van der Waals surface area contributed by atoms with Gasteiger partial charge in [-0.2, -0.15) is 0 Å². The first kappa shape index (κ1) is 45.2. The maximum absolute atomic E-state index is 11.6. The molecule has 0 aromatic rings. The van der Waals surface area contributed by atoms with Crippen LogP contribution in [0.1, 0.15) is 75.2 Å². The number of aliphatic hydroxyl groups excluding tert-OH is 2. The van der Waals surface area contributed by atoms with Crippen molar-refractivity contribution in [1.29, 1.82) is 0 Å². The molecule has 0 aromatic carbocycles. The number of nitrogens with one attached hydrogen (secondary N) is 4. The molecule has 0 bridgehead atoms. The van der Waals surface area contributed by atoms with Gasteiger partial charge in [-0.1, -0.05) is 41.5 Å². The van der Waals surface area contributed by atoms with Crippen LogP contribution in [0.2, 0.25) is 0 Å². The Hall–Kier alpha value is -2.81. The average Bonchev–Trinajstić information content (AvgIpc) is 2.94. The SMILES string of the molecule is CC.CC.CC(C)CCOC(=O)CNC(=O)CNC(=O)CNC(=O)CNC(=O)C(N)CO.CCOC(C)(C)CCO. The Balaban J connectivity index is -0.000000440. The predicted octanol–water partition coefficient (Wildman–Crippen LogP) is -0.404. The Kier molecular flexibility index (Phi) is 33.2. The maximum atomic E-state index is 11.6. The Bertz CT molecular complexity index is 697. The highest BCUT2D eigenvalue weighted by Crippen LogP contribution is 2.12. The van der Waals surface area contributed by atoms with E-state index in [9.17, 15) is 24.0 Å². The number of rotatable bonds is 17. The zero-order valence-corrected chi connectivity index (χ0v) is 26.6. The van der Waals surface area contributed by atoms with Gasteiger partial charge in [-0.3, -0.25) is 24.0 Å². The topological polar surface area (TPSA) is 218 Å². The molecule has 1 unspecified atom stereocenters. The third kappa shape index (κ3) is 33.3. The Labute approximate surface area is 245 Å². The second-order valence-electron chi connectivity index (χ2n) is 8.91. The summed E-state index contributed by atoms with van der Waals surface area (Å²) in [7, 11) is 0. The van der Waals surface area contributed by atoms with Crippen LogP contribution in [0.15, 0.2) is 0 Å². The summed E-state index contributed by atoms with van der Waals surface area (Å²) in [4.78, 5) is 57.2. The molecule has 0 aliphatic carbocycles. The lowest BCUT2D eigenvalue weighted by atomic mass is 10.1. The van der Waals surface area contributed by atoms with Crippen LogP contribution in [-0.2, 0) is 33.4 Å². The average molecular weight is 596 g/mol. The zero-order chi connectivity index (χ0) is 32.9. The number of amides is 4.